The second-order valence-corrected chi connectivity index (χ2v) is 8.65. The number of carboxylic acids is 1. The van der Waals surface area contributed by atoms with Crippen LogP contribution in [-0.2, 0) is 20.7 Å². The van der Waals surface area contributed by atoms with E-state index in [-0.39, 0.29) is 12.0 Å². The van der Waals surface area contributed by atoms with Gasteiger partial charge in [0.25, 0.3) is 5.91 Å². The Hall–Kier alpha value is -2.70. The number of phenols is 2. The van der Waals surface area contributed by atoms with E-state index in [0.717, 1.165) is 30.2 Å². The van der Waals surface area contributed by atoms with Gasteiger partial charge in [-0.1, -0.05) is 11.6 Å². The van der Waals surface area contributed by atoms with E-state index in [1.54, 1.807) is 6.92 Å². The number of phenolic OH excluding ortho intramolecular Hbond substituents is 2. The number of carbonyl (C=O) groups is 3. The molecular weight excluding hydrogens is 442 g/mol. The van der Waals surface area contributed by atoms with Crippen LogP contribution in [0.3, 0.4) is 0 Å². The number of likely N-dealkylation sites (tertiary alicyclic amines) is 1. The van der Waals surface area contributed by atoms with Crippen LogP contribution >= 0.6 is 11.6 Å². The summed E-state index contributed by atoms with van der Waals surface area (Å²) in [6.07, 6.45) is 0.919. The van der Waals surface area contributed by atoms with Gasteiger partial charge in [-0.2, -0.15) is 5.10 Å². The van der Waals surface area contributed by atoms with Gasteiger partial charge in [0.2, 0.25) is 5.91 Å². The normalized spacial score (nSPS) is 20.4. The number of hydrazone groups is 1. The molecule has 0 radical (unpaired) electrons. The number of carboxylic acid groups (broad SMARTS) is 1. The van der Waals surface area contributed by atoms with Gasteiger partial charge in [0, 0.05) is 25.7 Å². The maximum absolute atomic E-state index is 12.5. The standard InChI is InChI=1S/C17H20ClN3O8S/c1-8-6-11(23)21(8)14(16(26)27)17(2,30(28)29)7-19-20(3)15(25)9-4-5-10(22)13(24)12(9)18/h4-5,7-8,14,22,24H,6H2,1-3H3,(H,26,27)(H,28,29)/b19-7+/t8-,14+,17+/m1/s1. The summed E-state index contributed by atoms with van der Waals surface area (Å²) in [5.74, 6) is -4.10. The van der Waals surface area contributed by atoms with E-state index in [4.69, 9.17) is 11.6 Å². The zero-order valence-electron chi connectivity index (χ0n) is 16.1. The summed E-state index contributed by atoms with van der Waals surface area (Å²) in [7, 11) is 1.17. The van der Waals surface area contributed by atoms with Crippen LogP contribution in [0.25, 0.3) is 0 Å². The van der Waals surface area contributed by atoms with Gasteiger partial charge in [0.1, 0.15) is 4.75 Å². The molecule has 1 aliphatic rings. The molecule has 2 rings (SSSR count). The van der Waals surface area contributed by atoms with Gasteiger partial charge >= 0.3 is 5.97 Å². The molecule has 1 fully saturated rings. The first-order valence-electron chi connectivity index (χ1n) is 8.51. The summed E-state index contributed by atoms with van der Waals surface area (Å²) in [4.78, 5) is 37.3. The SMILES string of the molecule is C[C@@H]1CC(=O)N1[C@@H](C(=O)O)[C@](C)(/C=N/N(C)C(=O)c1ccc(O)c(O)c1Cl)S(=O)O. The number of benzene rings is 1. The van der Waals surface area contributed by atoms with Crippen molar-refractivity contribution in [2.24, 2.45) is 5.10 Å². The summed E-state index contributed by atoms with van der Waals surface area (Å²) in [5, 5.41) is 32.8. The molecule has 4 atom stereocenters. The van der Waals surface area contributed by atoms with Crippen molar-refractivity contribution < 1.29 is 38.5 Å². The van der Waals surface area contributed by atoms with Crippen LogP contribution in [-0.4, -0.2) is 81.9 Å². The highest BCUT2D eigenvalue weighted by molar-refractivity contribution is 7.81. The Balaban J connectivity index is 2.38. The monoisotopic (exact) mass is 461 g/mol. The smallest absolute Gasteiger partial charge is 0.328 e. The zero-order chi connectivity index (χ0) is 23.0. The van der Waals surface area contributed by atoms with Crippen molar-refractivity contribution >= 4 is 46.7 Å². The molecule has 0 spiro atoms. The first-order valence-corrected chi connectivity index (χ1v) is 10.00. The number of halogens is 1. The molecule has 13 heteroatoms. The number of nitrogens with zero attached hydrogens (tertiary/aromatic N) is 3. The zero-order valence-corrected chi connectivity index (χ0v) is 17.7. The molecule has 1 saturated heterocycles. The van der Waals surface area contributed by atoms with Crippen LogP contribution in [0.2, 0.25) is 5.02 Å². The first-order chi connectivity index (χ1) is 13.8. The van der Waals surface area contributed by atoms with Crippen molar-refractivity contribution in [3.8, 4) is 11.5 Å². The van der Waals surface area contributed by atoms with Gasteiger partial charge in [-0.05, 0) is 26.0 Å². The van der Waals surface area contributed by atoms with E-state index in [2.05, 4.69) is 5.10 Å². The van der Waals surface area contributed by atoms with E-state index in [1.165, 1.54) is 7.05 Å². The van der Waals surface area contributed by atoms with E-state index in [0.29, 0.717) is 5.01 Å². The predicted octanol–water partition coefficient (Wildman–Crippen LogP) is 0.863. The lowest BCUT2D eigenvalue weighted by molar-refractivity contribution is -0.161. The number of amides is 2. The number of carbonyl (C=O) groups excluding carboxylic acids is 2. The predicted molar refractivity (Wildman–Crippen MR) is 107 cm³/mol. The Morgan fingerprint density at radius 2 is 2.03 bits per heavy atom. The second-order valence-electron chi connectivity index (χ2n) is 6.90. The first kappa shape index (κ1) is 23.6. The maximum atomic E-state index is 12.5. The van der Waals surface area contributed by atoms with Crippen molar-refractivity contribution in [3.63, 3.8) is 0 Å². The number of β-lactam (4-membered cyclic amide) rings is 1. The van der Waals surface area contributed by atoms with E-state index in [1.807, 2.05) is 0 Å². The number of hydrogen-bond acceptors (Lipinski definition) is 7. The van der Waals surface area contributed by atoms with Gasteiger partial charge in [0.05, 0.1) is 10.6 Å². The minimum absolute atomic E-state index is 0.107. The van der Waals surface area contributed by atoms with Crippen LogP contribution in [0.4, 0.5) is 0 Å². The largest absolute Gasteiger partial charge is 0.504 e. The Bertz CT molecular complexity index is 955. The Morgan fingerprint density at radius 1 is 1.43 bits per heavy atom. The van der Waals surface area contributed by atoms with Gasteiger partial charge in [-0.3, -0.25) is 9.59 Å². The number of hydrogen-bond donors (Lipinski definition) is 4. The van der Waals surface area contributed by atoms with E-state index < -0.39 is 62.2 Å². The molecular formula is C17H20ClN3O8S. The topological polar surface area (TPSA) is 168 Å². The summed E-state index contributed by atoms with van der Waals surface area (Å²) < 4.78 is 19.8. The fraction of sp³-hybridized carbons (Fsp3) is 0.412. The highest BCUT2D eigenvalue weighted by Gasteiger charge is 2.53. The van der Waals surface area contributed by atoms with Crippen molar-refractivity contribution in [2.75, 3.05) is 7.05 Å². The lowest BCUT2D eigenvalue weighted by Crippen LogP contribution is -2.67. The molecule has 1 heterocycles. The highest BCUT2D eigenvalue weighted by atomic mass is 35.5. The fourth-order valence-electron chi connectivity index (χ4n) is 2.99. The van der Waals surface area contributed by atoms with Crippen molar-refractivity contribution in [2.45, 2.75) is 37.1 Å². The fourth-order valence-corrected chi connectivity index (χ4v) is 3.77. The maximum Gasteiger partial charge on any atom is 0.328 e. The van der Waals surface area contributed by atoms with Crippen molar-refractivity contribution in [1.82, 2.24) is 9.91 Å². The third-order valence-electron chi connectivity index (χ3n) is 4.77. The lowest BCUT2D eigenvalue weighted by Gasteiger charge is -2.46. The molecule has 4 N–H and O–H groups in total. The summed E-state index contributed by atoms with van der Waals surface area (Å²) in [6.45, 7) is 2.73. The van der Waals surface area contributed by atoms with Crippen LogP contribution in [0, 0.1) is 0 Å². The molecule has 11 nitrogen and oxygen atoms in total. The Kier molecular flexibility index (Phi) is 6.74. The molecule has 1 aliphatic heterocycles. The average Bonchev–Trinajstić information content (AvgIpc) is 2.67. The quantitative estimate of drug-likeness (QED) is 0.152. The number of rotatable bonds is 7. The molecule has 0 aliphatic carbocycles. The van der Waals surface area contributed by atoms with Crippen LogP contribution < -0.4 is 0 Å². The summed E-state index contributed by atoms with van der Waals surface area (Å²) in [5.41, 5.74) is -0.222. The van der Waals surface area contributed by atoms with Gasteiger partial charge < -0.3 is 24.8 Å². The number of aliphatic carboxylic acids is 1. The minimum Gasteiger partial charge on any atom is -0.504 e. The van der Waals surface area contributed by atoms with Crippen molar-refractivity contribution in [1.29, 1.82) is 0 Å². The molecule has 0 aromatic heterocycles. The molecule has 0 bridgehead atoms. The lowest BCUT2D eigenvalue weighted by atomic mass is 9.92. The van der Waals surface area contributed by atoms with Gasteiger partial charge in [-0.25, -0.2) is 14.0 Å². The Morgan fingerprint density at radius 3 is 2.50 bits per heavy atom. The molecule has 30 heavy (non-hydrogen) atoms. The van der Waals surface area contributed by atoms with Crippen LogP contribution in [0.5, 0.6) is 11.5 Å². The van der Waals surface area contributed by atoms with Crippen LogP contribution in [0.15, 0.2) is 17.2 Å². The number of aromatic hydroxyl groups is 2. The van der Waals surface area contributed by atoms with E-state index in [9.17, 15) is 38.5 Å². The molecule has 1 aromatic carbocycles. The van der Waals surface area contributed by atoms with Crippen molar-refractivity contribution in [3.05, 3.63) is 22.7 Å². The second kappa shape index (κ2) is 8.58. The Labute approximate surface area is 178 Å². The van der Waals surface area contributed by atoms with Crippen LogP contribution in [0.1, 0.15) is 30.6 Å². The molecule has 2 amide bonds. The molecule has 1 aromatic rings. The third-order valence-corrected chi connectivity index (χ3v) is 6.23. The summed E-state index contributed by atoms with van der Waals surface area (Å²) >= 11 is 3.07. The molecule has 1 unspecified atom stereocenters. The molecule has 0 saturated carbocycles. The minimum atomic E-state index is -2.78. The molecule has 164 valence electrons. The summed E-state index contributed by atoms with van der Waals surface area (Å²) in [6, 6.07) is 0.0207. The van der Waals surface area contributed by atoms with Gasteiger partial charge in [-0.15, -0.1) is 0 Å². The van der Waals surface area contributed by atoms with Gasteiger partial charge in [0.15, 0.2) is 28.6 Å². The van der Waals surface area contributed by atoms with E-state index >= 15 is 0 Å². The average molecular weight is 462 g/mol. The third kappa shape index (κ3) is 4.11. The highest BCUT2D eigenvalue weighted by Crippen LogP contribution is 2.36.